The first kappa shape index (κ1) is 6.91. The molecule has 1 amide bonds. The van der Waals surface area contributed by atoms with Gasteiger partial charge in [0.15, 0.2) is 0 Å². The van der Waals surface area contributed by atoms with Gasteiger partial charge in [0, 0.05) is 25.2 Å². The number of likely N-dealkylation sites (tertiary alicyclic amines) is 2. The Bertz CT molecular complexity index is 193. The predicted molar refractivity (Wildman–Crippen MR) is 39.6 cm³/mol. The van der Waals surface area contributed by atoms with Crippen molar-refractivity contribution in [1.82, 2.24) is 9.80 Å². The maximum Gasteiger partial charge on any atom is 0.407 e. The lowest BCUT2D eigenvalue weighted by Gasteiger charge is -2.29. The van der Waals surface area contributed by atoms with Crippen LogP contribution >= 0.6 is 0 Å². The second-order valence-electron chi connectivity index (χ2n) is 3.42. The molecule has 2 unspecified atom stereocenters. The summed E-state index contributed by atoms with van der Waals surface area (Å²) in [5.41, 5.74) is 0. The number of fused-ring (bicyclic) bond motifs is 2. The van der Waals surface area contributed by atoms with Crippen LogP contribution in [0.25, 0.3) is 0 Å². The van der Waals surface area contributed by atoms with E-state index in [1.165, 1.54) is 0 Å². The highest BCUT2D eigenvalue weighted by Crippen LogP contribution is 2.28. The van der Waals surface area contributed by atoms with Crippen LogP contribution in [0.4, 0.5) is 4.79 Å². The van der Waals surface area contributed by atoms with E-state index in [0.717, 1.165) is 13.0 Å². The zero-order valence-electron chi connectivity index (χ0n) is 6.53. The van der Waals surface area contributed by atoms with Gasteiger partial charge in [-0.05, 0) is 13.5 Å². The molecule has 2 bridgehead atoms. The Hall–Kier alpha value is -0.770. The zero-order valence-corrected chi connectivity index (χ0v) is 6.53. The van der Waals surface area contributed by atoms with Crippen molar-refractivity contribution in [3.8, 4) is 0 Å². The van der Waals surface area contributed by atoms with E-state index in [1.807, 2.05) is 0 Å². The van der Waals surface area contributed by atoms with Gasteiger partial charge >= 0.3 is 6.09 Å². The Kier molecular flexibility index (Phi) is 1.32. The number of likely N-dealkylation sites (N-methyl/N-ethyl adjacent to an activating group) is 1. The van der Waals surface area contributed by atoms with Crippen molar-refractivity contribution in [3.05, 3.63) is 0 Å². The molecule has 1 N–H and O–H groups in total. The van der Waals surface area contributed by atoms with Crippen LogP contribution in [-0.2, 0) is 0 Å². The molecule has 2 atom stereocenters. The van der Waals surface area contributed by atoms with E-state index < -0.39 is 6.09 Å². The molecule has 2 heterocycles. The van der Waals surface area contributed by atoms with E-state index in [-0.39, 0.29) is 6.04 Å². The first-order valence-corrected chi connectivity index (χ1v) is 3.88. The third-order valence-electron chi connectivity index (χ3n) is 2.76. The summed E-state index contributed by atoms with van der Waals surface area (Å²) in [5.74, 6) is 0. The minimum Gasteiger partial charge on any atom is -0.465 e. The maximum atomic E-state index is 10.6. The van der Waals surface area contributed by atoms with Gasteiger partial charge in [0.25, 0.3) is 0 Å². The van der Waals surface area contributed by atoms with Crippen molar-refractivity contribution >= 4 is 6.09 Å². The van der Waals surface area contributed by atoms with E-state index in [0.29, 0.717) is 12.6 Å². The molecule has 11 heavy (non-hydrogen) atoms. The molecular formula is C7H12N2O2. The van der Waals surface area contributed by atoms with Crippen molar-refractivity contribution in [2.24, 2.45) is 0 Å². The molecule has 2 fully saturated rings. The van der Waals surface area contributed by atoms with Gasteiger partial charge in [-0.3, -0.25) is 4.90 Å². The highest BCUT2D eigenvalue weighted by atomic mass is 16.4. The number of rotatable bonds is 0. The van der Waals surface area contributed by atoms with Crippen LogP contribution < -0.4 is 0 Å². The molecule has 4 heteroatoms. The van der Waals surface area contributed by atoms with Crippen molar-refractivity contribution in [2.75, 3.05) is 20.1 Å². The fraction of sp³-hybridized carbons (Fsp3) is 0.857. The first-order valence-electron chi connectivity index (χ1n) is 3.88. The predicted octanol–water partition coefficient (Wildman–Crippen LogP) is 0.0527. The Balaban J connectivity index is 2.08. The fourth-order valence-corrected chi connectivity index (χ4v) is 2.10. The van der Waals surface area contributed by atoms with Gasteiger partial charge in [-0.2, -0.15) is 0 Å². The molecule has 0 aromatic heterocycles. The largest absolute Gasteiger partial charge is 0.465 e. The smallest absolute Gasteiger partial charge is 0.407 e. The Morgan fingerprint density at radius 3 is 2.55 bits per heavy atom. The number of carboxylic acid groups (broad SMARTS) is 1. The van der Waals surface area contributed by atoms with Crippen molar-refractivity contribution < 1.29 is 9.90 Å². The van der Waals surface area contributed by atoms with Crippen LogP contribution in [0.15, 0.2) is 0 Å². The van der Waals surface area contributed by atoms with Gasteiger partial charge in [0.05, 0.1) is 0 Å². The summed E-state index contributed by atoms with van der Waals surface area (Å²) in [6, 6.07) is 0.749. The lowest BCUT2D eigenvalue weighted by atomic mass is 10.2. The molecule has 4 nitrogen and oxygen atoms in total. The van der Waals surface area contributed by atoms with Gasteiger partial charge in [-0.1, -0.05) is 0 Å². The molecule has 2 saturated heterocycles. The van der Waals surface area contributed by atoms with Crippen LogP contribution in [0.1, 0.15) is 6.42 Å². The normalized spacial score (nSPS) is 36.6. The highest BCUT2D eigenvalue weighted by Gasteiger charge is 2.43. The molecule has 0 aromatic carbocycles. The lowest BCUT2D eigenvalue weighted by Crippen LogP contribution is -2.46. The average Bonchev–Trinajstić information content (AvgIpc) is 2.43. The zero-order chi connectivity index (χ0) is 8.01. The van der Waals surface area contributed by atoms with Gasteiger partial charge in [-0.25, -0.2) is 4.79 Å². The molecule has 2 rings (SSSR count). The number of carbonyl (C=O) groups is 1. The van der Waals surface area contributed by atoms with Crippen molar-refractivity contribution in [2.45, 2.75) is 18.5 Å². The third kappa shape index (κ3) is 0.894. The van der Waals surface area contributed by atoms with Crippen molar-refractivity contribution in [1.29, 1.82) is 0 Å². The number of amides is 1. The van der Waals surface area contributed by atoms with Crippen LogP contribution in [-0.4, -0.2) is 53.2 Å². The Labute approximate surface area is 65.4 Å². The maximum absolute atomic E-state index is 10.6. The van der Waals surface area contributed by atoms with E-state index >= 15 is 0 Å². The molecule has 2 aliphatic heterocycles. The standard InChI is InChI=1S/C7H12N2O2/c1-8-3-6-2-5(8)4-9(6)7(10)11/h5-6H,2-4H2,1H3,(H,10,11). The topological polar surface area (TPSA) is 43.8 Å². The molecular weight excluding hydrogens is 144 g/mol. The SMILES string of the molecule is CN1CC2CC1CN2C(=O)O. The minimum absolute atomic E-state index is 0.266. The van der Waals surface area contributed by atoms with E-state index in [4.69, 9.17) is 5.11 Å². The summed E-state index contributed by atoms with van der Waals surface area (Å²) in [5, 5.41) is 8.73. The van der Waals surface area contributed by atoms with Gasteiger partial charge in [-0.15, -0.1) is 0 Å². The third-order valence-corrected chi connectivity index (χ3v) is 2.76. The summed E-state index contributed by atoms with van der Waals surface area (Å²) in [4.78, 5) is 14.4. The molecule has 0 aromatic rings. The highest BCUT2D eigenvalue weighted by molar-refractivity contribution is 5.66. The minimum atomic E-state index is -0.759. The number of nitrogens with zero attached hydrogens (tertiary/aromatic N) is 2. The van der Waals surface area contributed by atoms with Crippen molar-refractivity contribution in [3.63, 3.8) is 0 Å². The van der Waals surface area contributed by atoms with Gasteiger partial charge in [0.2, 0.25) is 0 Å². The van der Waals surface area contributed by atoms with Crippen LogP contribution in [0.5, 0.6) is 0 Å². The average molecular weight is 156 g/mol. The summed E-state index contributed by atoms with van der Waals surface area (Å²) >= 11 is 0. The lowest BCUT2D eigenvalue weighted by molar-refractivity contribution is 0.112. The van der Waals surface area contributed by atoms with E-state index in [2.05, 4.69) is 11.9 Å². The van der Waals surface area contributed by atoms with E-state index in [9.17, 15) is 4.79 Å². The van der Waals surface area contributed by atoms with E-state index in [1.54, 1.807) is 4.90 Å². The fourth-order valence-electron chi connectivity index (χ4n) is 2.10. The second kappa shape index (κ2) is 2.11. The van der Waals surface area contributed by atoms with Crippen LogP contribution in [0.2, 0.25) is 0 Å². The molecule has 62 valence electrons. The molecule has 0 saturated carbocycles. The summed E-state index contributed by atoms with van der Waals surface area (Å²) in [6.07, 6.45) is 0.272. The summed E-state index contributed by atoms with van der Waals surface area (Å²) in [7, 11) is 2.06. The van der Waals surface area contributed by atoms with Crippen LogP contribution in [0, 0.1) is 0 Å². The second-order valence-corrected chi connectivity index (χ2v) is 3.42. The van der Waals surface area contributed by atoms with Crippen LogP contribution in [0.3, 0.4) is 0 Å². The molecule has 0 aliphatic carbocycles. The van der Waals surface area contributed by atoms with Gasteiger partial charge < -0.3 is 10.0 Å². The Morgan fingerprint density at radius 1 is 1.45 bits per heavy atom. The first-order chi connectivity index (χ1) is 5.18. The summed E-state index contributed by atoms with van der Waals surface area (Å²) < 4.78 is 0. The monoisotopic (exact) mass is 156 g/mol. The number of piperazine rings is 1. The molecule has 2 aliphatic rings. The summed E-state index contributed by atoms with van der Waals surface area (Å²) in [6.45, 7) is 1.62. The van der Waals surface area contributed by atoms with Gasteiger partial charge in [0.1, 0.15) is 0 Å². The number of hydrogen-bond acceptors (Lipinski definition) is 2. The Morgan fingerprint density at radius 2 is 2.18 bits per heavy atom. The molecule has 0 radical (unpaired) electrons. The number of hydrogen-bond donors (Lipinski definition) is 1. The quantitative estimate of drug-likeness (QED) is 0.539. The molecule has 0 spiro atoms.